The molecule has 0 aromatic rings. The largest absolute Gasteiger partial charge is 0.481 e. The van der Waals surface area contributed by atoms with Crippen molar-refractivity contribution in [3.63, 3.8) is 0 Å². The van der Waals surface area contributed by atoms with Gasteiger partial charge in [0, 0.05) is 31.7 Å². The number of hydrogen-bond acceptors (Lipinski definition) is 3. The van der Waals surface area contributed by atoms with Gasteiger partial charge in [0.25, 0.3) is 0 Å². The molecule has 1 aliphatic carbocycles. The fourth-order valence-electron chi connectivity index (χ4n) is 3.15. The SMILES string of the molecule is O=C(O)CC1CN(C2CCCCCC2)CCN1. The fourth-order valence-corrected chi connectivity index (χ4v) is 3.15. The number of carbonyl (C=O) groups is 1. The molecule has 1 heterocycles. The molecule has 1 saturated carbocycles. The van der Waals surface area contributed by atoms with Gasteiger partial charge < -0.3 is 10.4 Å². The van der Waals surface area contributed by atoms with Crippen molar-refractivity contribution in [2.75, 3.05) is 19.6 Å². The summed E-state index contributed by atoms with van der Waals surface area (Å²) in [7, 11) is 0. The van der Waals surface area contributed by atoms with Crippen molar-refractivity contribution in [3.05, 3.63) is 0 Å². The normalized spacial score (nSPS) is 28.8. The van der Waals surface area contributed by atoms with E-state index < -0.39 is 5.97 Å². The number of aliphatic carboxylic acids is 1. The lowest BCUT2D eigenvalue weighted by atomic mass is 10.0. The van der Waals surface area contributed by atoms with Crippen LogP contribution < -0.4 is 5.32 Å². The van der Waals surface area contributed by atoms with Crippen LogP contribution in [0.5, 0.6) is 0 Å². The van der Waals surface area contributed by atoms with Crippen LogP contribution in [-0.4, -0.2) is 47.7 Å². The minimum Gasteiger partial charge on any atom is -0.481 e. The molecule has 0 radical (unpaired) electrons. The molecule has 0 aromatic heterocycles. The molecule has 4 heteroatoms. The smallest absolute Gasteiger partial charge is 0.304 e. The molecule has 1 aliphatic heterocycles. The Kier molecular flexibility index (Phi) is 4.80. The number of nitrogens with one attached hydrogen (secondary N) is 1. The number of carboxylic acid groups (broad SMARTS) is 1. The van der Waals surface area contributed by atoms with Crippen LogP contribution in [-0.2, 0) is 4.79 Å². The van der Waals surface area contributed by atoms with Crippen molar-refractivity contribution in [2.45, 2.75) is 57.0 Å². The van der Waals surface area contributed by atoms with Crippen LogP contribution in [0.1, 0.15) is 44.9 Å². The molecule has 2 rings (SSSR count). The summed E-state index contributed by atoms with van der Waals surface area (Å²) in [5.74, 6) is -0.690. The van der Waals surface area contributed by atoms with Gasteiger partial charge in [0.2, 0.25) is 0 Å². The Labute approximate surface area is 103 Å². The molecular formula is C13H24N2O2. The highest BCUT2D eigenvalue weighted by molar-refractivity contribution is 5.67. The minimum absolute atomic E-state index is 0.143. The summed E-state index contributed by atoms with van der Waals surface area (Å²) in [5, 5.41) is 12.2. The van der Waals surface area contributed by atoms with E-state index in [1.165, 1.54) is 38.5 Å². The van der Waals surface area contributed by atoms with Crippen LogP contribution in [0.2, 0.25) is 0 Å². The average Bonchev–Trinajstić information content (AvgIpc) is 2.57. The summed E-state index contributed by atoms with van der Waals surface area (Å²) in [6, 6.07) is 0.848. The lowest BCUT2D eigenvalue weighted by molar-refractivity contribution is -0.137. The van der Waals surface area contributed by atoms with Gasteiger partial charge in [0.1, 0.15) is 0 Å². The Hall–Kier alpha value is -0.610. The van der Waals surface area contributed by atoms with E-state index in [0.29, 0.717) is 6.04 Å². The molecule has 2 fully saturated rings. The van der Waals surface area contributed by atoms with Gasteiger partial charge in [0.05, 0.1) is 6.42 Å². The molecule has 2 aliphatic rings. The molecule has 0 bridgehead atoms. The molecule has 0 amide bonds. The van der Waals surface area contributed by atoms with Crippen molar-refractivity contribution in [2.24, 2.45) is 0 Å². The summed E-state index contributed by atoms with van der Waals surface area (Å²) in [4.78, 5) is 13.3. The first kappa shape index (κ1) is 12.8. The zero-order valence-electron chi connectivity index (χ0n) is 10.5. The van der Waals surface area contributed by atoms with E-state index in [9.17, 15) is 4.79 Å². The summed E-state index contributed by atoms with van der Waals surface area (Å²) >= 11 is 0. The topological polar surface area (TPSA) is 52.6 Å². The zero-order valence-corrected chi connectivity index (χ0v) is 10.5. The predicted molar refractivity (Wildman–Crippen MR) is 67.1 cm³/mol. The first-order valence-corrected chi connectivity index (χ1v) is 6.95. The van der Waals surface area contributed by atoms with E-state index in [1.54, 1.807) is 0 Å². The van der Waals surface area contributed by atoms with Crippen molar-refractivity contribution >= 4 is 5.97 Å². The third kappa shape index (κ3) is 3.96. The quantitative estimate of drug-likeness (QED) is 0.733. The maximum atomic E-state index is 10.7. The number of rotatable bonds is 3. The predicted octanol–water partition coefficient (Wildman–Crippen LogP) is 1.46. The van der Waals surface area contributed by atoms with Crippen molar-refractivity contribution in [3.8, 4) is 0 Å². The Morgan fingerprint density at radius 2 is 1.94 bits per heavy atom. The molecule has 4 nitrogen and oxygen atoms in total. The number of nitrogens with zero attached hydrogens (tertiary/aromatic N) is 1. The molecule has 98 valence electrons. The lowest BCUT2D eigenvalue weighted by Gasteiger charge is -2.38. The molecule has 0 aromatic carbocycles. The molecular weight excluding hydrogens is 216 g/mol. The van der Waals surface area contributed by atoms with Gasteiger partial charge in [-0.2, -0.15) is 0 Å². The van der Waals surface area contributed by atoms with E-state index in [1.807, 2.05) is 0 Å². The first-order chi connectivity index (χ1) is 8.25. The van der Waals surface area contributed by atoms with Gasteiger partial charge in [-0.25, -0.2) is 0 Å². The van der Waals surface area contributed by atoms with Crippen LogP contribution >= 0.6 is 0 Å². The van der Waals surface area contributed by atoms with E-state index in [2.05, 4.69) is 10.2 Å². The van der Waals surface area contributed by atoms with Gasteiger partial charge in [-0.1, -0.05) is 25.7 Å². The summed E-state index contributed by atoms with van der Waals surface area (Å²) in [5.41, 5.74) is 0. The lowest BCUT2D eigenvalue weighted by Crippen LogP contribution is -2.54. The maximum Gasteiger partial charge on any atom is 0.304 e. The maximum absolute atomic E-state index is 10.7. The van der Waals surface area contributed by atoms with Crippen LogP contribution in [0, 0.1) is 0 Å². The van der Waals surface area contributed by atoms with Crippen molar-refractivity contribution in [1.82, 2.24) is 10.2 Å². The van der Waals surface area contributed by atoms with Crippen molar-refractivity contribution < 1.29 is 9.90 Å². The van der Waals surface area contributed by atoms with Gasteiger partial charge in [0.15, 0.2) is 0 Å². The number of hydrogen-bond donors (Lipinski definition) is 2. The summed E-state index contributed by atoms with van der Waals surface area (Å²) in [6.07, 6.45) is 8.31. The van der Waals surface area contributed by atoms with E-state index in [0.717, 1.165) is 19.6 Å². The molecule has 1 saturated heterocycles. The van der Waals surface area contributed by atoms with Crippen LogP contribution in [0.15, 0.2) is 0 Å². The third-order valence-electron chi connectivity index (χ3n) is 4.05. The number of piperazine rings is 1. The molecule has 1 atom stereocenters. The Morgan fingerprint density at radius 1 is 1.24 bits per heavy atom. The molecule has 1 unspecified atom stereocenters. The Bertz CT molecular complexity index is 250. The molecule has 17 heavy (non-hydrogen) atoms. The van der Waals surface area contributed by atoms with Gasteiger partial charge in [-0.15, -0.1) is 0 Å². The monoisotopic (exact) mass is 240 g/mol. The molecule has 2 N–H and O–H groups in total. The van der Waals surface area contributed by atoms with Crippen LogP contribution in [0.25, 0.3) is 0 Å². The molecule has 0 spiro atoms. The Balaban J connectivity index is 1.84. The van der Waals surface area contributed by atoms with Gasteiger partial charge in [-0.3, -0.25) is 9.69 Å². The Morgan fingerprint density at radius 3 is 2.59 bits per heavy atom. The first-order valence-electron chi connectivity index (χ1n) is 6.95. The van der Waals surface area contributed by atoms with Crippen LogP contribution in [0.3, 0.4) is 0 Å². The highest BCUT2D eigenvalue weighted by Crippen LogP contribution is 2.23. The number of carboxylic acids is 1. The van der Waals surface area contributed by atoms with E-state index in [4.69, 9.17) is 5.11 Å². The highest BCUT2D eigenvalue weighted by Gasteiger charge is 2.26. The van der Waals surface area contributed by atoms with Gasteiger partial charge in [-0.05, 0) is 12.8 Å². The zero-order chi connectivity index (χ0) is 12.1. The average molecular weight is 240 g/mol. The van der Waals surface area contributed by atoms with Crippen molar-refractivity contribution in [1.29, 1.82) is 0 Å². The second-order valence-corrected chi connectivity index (χ2v) is 5.39. The third-order valence-corrected chi connectivity index (χ3v) is 4.05. The second-order valence-electron chi connectivity index (χ2n) is 5.39. The fraction of sp³-hybridized carbons (Fsp3) is 0.923. The standard InChI is InChI=1S/C13H24N2O2/c16-13(17)9-11-10-15(8-7-14-11)12-5-3-1-2-4-6-12/h11-12,14H,1-10H2,(H,16,17). The summed E-state index contributed by atoms with van der Waals surface area (Å²) in [6.45, 7) is 2.94. The summed E-state index contributed by atoms with van der Waals surface area (Å²) < 4.78 is 0. The second kappa shape index (κ2) is 6.36. The van der Waals surface area contributed by atoms with Crippen LogP contribution in [0.4, 0.5) is 0 Å². The highest BCUT2D eigenvalue weighted by atomic mass is 16.4. The van der Waals surface area contributed by atoms with E-state index >= 15 is 0 Å². The van der Waals surface area contributed by atoms with E-state index in [-0.39, 0.29) is 12.5 Å². The van der Waals surface area contributed by atoms with Gasteiger partial charge >= 0.3 is 5.97 Å². The minimum atomic E-state index is -0.690.